The standard InChI is InChI=1S/C19H32N2O2/c1-3-5-6-7-8-14-21(4-2)19(23)13-12-18(22)16-10-9-11-17(20)15-16/h9-11,15,18,22H,3-8,12-14,20H2,1-2H3/t18-/m1/s1. The van der Waals surface area contributed by atoms with Crippen LogP contribution in [0.25, 0.3) is 0 Å². The second-order valence-electron chi connectivity index (χ2n) is 6.11. The normalized spacial score (nSPS) is 12.1. The molecule has 0 aromatic heterocycles. The SMILES string of the molecule is CCCCCCCN(CC)C(=O)CC[C@@H](O)c1cccc(N)c1. The molecular formula is C19H32N2O2. The number of hydrogen-bond acceptors (Lipinski definition) is 3. The van der Waals surface area contributed by atoms with E-state index in [1.165, 1.54) is 25.7 Å². The molecular weight excluding hydrogens is 288 g/mol. The number of carbonyl (C=O) groups excluding carboxylic acids is 1. The molecule has 1 aromatic rings. The van der Waals surface area contributed by atoms with Crippen molar-refractivity contribution in [1.29, 1.82) is 0 Å². The van der Waals surface area contributed by atoms with Crippen LogP contribution in [0.1, 0.15) is 70.5 Å². The molecule has 23 heavy (non-hydrogen) atoms. The van der Waals surface area contributed by atoms with Gasteiger partial charge >= 0.3 is 0 Å². The van der Waals surface area contributed by atoms with Gasteiger partial charge in [0.05, 0.1) is 6.10 Å². The first kappa shape index (κ1) is 19.5. The lowest BCUT2D eigenvalue weighted by atomic mass is 10.0. The number of hydrogen-bond donors (Lipinski definition) is 2. The molecule has 0 bridgehead atoms. The van der Waals surface area contributed by atoms with E-state index in [4.69, 9.17) is 5.73 Å². The number of nitrogens with zero attached hydrogens (tertiary/aromatic N) is 1. The second kappa shape index (κ2) is 11.1. The molecule has 0 spiro atoms. The van der Waals surface area contributed by atoms with Crippen LogP contribution in [-0.4, -0.2) is 29.0 Å². The molecule has 0 radical (unpaired) electrons. The molecule has 4 heteroatoms. The lowest BCUT2D eigenvalue weighted by Crippen LogP contribution is -2.31. The van der Waals surface area contributed by atoms with Crippen molar-refractivity contribution in [2.45, 2.75) is 64.9 Å². The number of carbonyl (C=O) groups is 1. The minimum atomic E-state index is -0.634. The molecule has 0 aliphatic heterocycles. The van der Waals surface area contributed by atoms with Crippen LogP contribution >= 0.6 is 0 Å². The number of nitrogens with two attached hydrogens (primary N) is 1. The average Bonchev–Trinajstić information content (AvgIpc) is 2.55. The molecule has 0 saturated carbocycles. The van der Waals surface area contributed by atoms with Crippen molar-refractivity contribution in [1.82, 2.24) is 4.90 Å². The van der Waals surface area contributed by atoms with E-state index < -0.39 is 6.10 Å². The Kier molecular flexibility index (Phi) is 9.37. The Morgan fingerprint density at radius 2 is 1.96 bits per heavy atom. The number of aliphatic hydroxyl groups excluding tert-OH is 1. The van der Waals surface area contributed by atoms with E-state index in [1.54, 1.807) is 12.1 Å². The van der Waals surface area contributed by atoms with Gasteiger partial charge in [-0.1, -0.05) is 44.7 Å². The van der Waals surface area contributed by atoms with Gasteiger partial charge in [0.1, 0.15) is 0 Å². The smallest absolute Gasteiger partial charge is 0.222 e. The third kappa shape index (κ3) is 7.51. The molecule has 4 nitrogen and oxygen atoms in total. The van der Waals surface area contributed by atoms with E-state index >= 15 is 0 Å². The van der Waals surface area contributed by atoms with Crippen LogP contribution in [-0.2, 0) is 4.79 Å². The molecule has 1 rings (SSSR count). The summed E-state index contributed by atoms with van der Waals surface area (Å²) in [6.07, 6.45) is 6.18. The summed E-state index contributed by atoms with van der Waals surface area (Å²) in [6.45, 7) is 5.78. The lowest BCUT2D eigenvalue weighted by Gasteiger charge is -2.21. The van der Waals surface area contributed by atoms with Crippen molar-refractivity contribution in [2.24, 2.45) is 0 Å². The molecule has 0 saturated heterocycles. The molecule has 0 unspecified atom stereocenters. The number of nitrogen functional groups attached to an aromatic ring is 1. The minimum absolute atomic E-state index is 0.131. The fourth-order valence-electron chi connectivity index (χ4n) is 2.72. The Balaban J connectivity index is 2.35. The van der Waals surface area contributed by atoms with Crippen LogP contribution in [0.15, 0.2) is 24.3 Å². The van der Waals surface area contributed by atoms with E-state index in [1.807, 2.05) is 24.0 Å². The van der Waals surface area contributed by atoms with E-state index in [2.05, 4.69) is 6.92 Å². The van der Waals surface area contributed by atoms with Crippen LogP contribution in [0, 0.1) is 0 Å². The van der Waals surface area contributed by atoms with Gasteiger partial charge in [0.25, 0.3) is 0 Å². The van der Waals surface area contributed by atoms with Gasteiger partial charge in [0, 0.05) is 25.2 Å². The summed E-state index contributed by atoms with van der Waals surface area (Å²) in [5.41, 5.74) is 7.14. The Hall–Kier alpha value is -1.55. The maximum Gasteiger partial charge on any atom is 0.222 e. The molecule has 0 aliphatic rings. The summed E-state index contributed by atoms with van der Waals surface area (Å²) in [6, 6.07) is 7.22. The van der Waals surface area contributed by atoms with Gasteiger partial charge in [0.15, 0.2) is 0 Å². The molecule has 0 aliphatic carbocycles. The van der Waals surface area contributed by atoms with E-state index in [0.717, 1.165) is 25.1 Å². The highest BCUT2D eigenvalue weighted by atomic mass is 16.3. The molecule has 0 fully saturated rings. The molecule has 0 heterocycles. The van der Waals surface area contributed by atoms with Gasteiger partial charge in [-0.3, -0.25) is 4.79 Å². The number of rotatable bonds is 11. The summed E-state index contributed by atoms with van der Waals surface area (Å²) >= 11 is 0. The van der Waals surface area contributed by atoms with Gasteiger partial charge in [-0.15, -0.1) is 0 Å². The van der Waals surface area contributed by atoms with Crippen molar-refractivity contribution in [3.8, 4) is 0 Å². The van der Waals surface area contributed by atoms with Crippen LogP contribution in [0.3, 0.4) is 0 Å². The van der Waals surface area contributed by atoms with Gasteiger partial charge in [-0.05, 0) is 37.5 Å². The van der Waals surface area contributed by atoms with E-state index in [0.29, 0.717) is 18.5 Å². The first-order valence-corrected chi connectivity index (χ1v) is 8.89. The summed E-state index contributed by atoms with van der Waals surface area (Å²) in [5.74, 6) is 0.131. The highest BCUT2D eigenvalue weighted by molar-refractivity contribution is 5.76. The van der Waals surface area contributed by atoms with Crippen LogP contribution < -0.4 is 5.73 Å². The molecule has 1 atom stereocenters. The lowest BCUT2D eigenvalue weighted by molar-refractivity contribution is -0.131. The zero-order valence-electron chi connectivity index (χ0n) is 14.6. The summed E-state index contributed by atoms with van der Waals surface area (Å²) in [5, 5.41) is 10.2. The predicted octanol–water partition coefficient (Wildman–Crippen LogP) is 3.90. The molecule has 3 N–H and O–H groups in total. The highest BCUT2D eigenvalue weighted by Gasteiger charge is 2.15. The van der Waals surface area contributed by atoms with Crippen LogP contribution in [0.4, 0.5) is 5.69 Å². The fourth-order valence-corrected chi connectivity index (χ4v) is 2.72. The molecule has 130 valence electrons. The van der Waals surface area contributed by atoms with Crippen molar-refractivity contribution in [3.05, 3.63) is 29.8 Å². The maximum absolute atomic E-state index is 12.3. The number of benzene rings is 1. The third-order valence-corrected chi connectivity index (χ3v) is 4.19. The number of aliphatic hydroxyl groups is 1. The quantitative estimate of drug-likeness (QED) is 0.480. The summed E-state index contributed by atoms with van der Waals surface area (Å²) in [7, 11) is 0. The zero-order chi connectivity index (χ0) is 17.1. The monoisotopic (exact) mass is 320 g/mol. The Bertz CT molecular complexity index is 462. The largest absolute Gasteiger partial charge is 0.399 e. The van der Waals surface area contributed by atoms with E-state index in [9.17, 15) is 9.90 Å². The van der Waals surface area contributed by atoms with Crippen LogP contribution in [0.5, 0.6) is 0 Å². The van der Waals surface area contributed by atoms with Crippen molar-refractivity contribution < 1.29 is 9.90 Å². The van der Waals surface area contributed by atoms with Gasteiger partial charge in [-0.25, -0.2) is 0 Å². The van der Waals surface area contributed by atoms with Gasteiger partial charge < -0.3 is 15.7 Å². The predicted molar refractivity (Wildman–Crippen MR) is 96.1 cm³/mol. The first-order valence-electron chi connectivity index (χ1n) is 8.89. The highest BCUT2D eigenvalue weighted by Crippen LogP contribution is 2.20. The van der Waals surface area contributed by atoms with Crippen molar-refractivity contribution >= 4 is 11.6 Å². The first-order chi connectivity index (χ1) is 11.1. The van der Waals surface area contributed by atoms with Crippen LogP contribution in [0.2, 0.25) is 0 Å². The number of amides is 1. The third-order valence-electron chi connectivity index (χ3n) is 4.19. The Morgan fingerprint density at radius 3 is 2.61 bits per heavy atom. The average molecular weight is 320 g/mol. The number of unbranched alkanes of at least 4 members (excludes halogenated alkanes) is 4. The zero-order valence-corrected chi connectivity index (χ0v) is 14.6. The summed E-state index contributed by atoms with van der Waals surface area (Å²) in [4.78, 5) is 14.2. The number of anilines is 1. The van der Waals surface area contributed by atoms with Crippen molar-refractivity contribution in [2.75, 3.05) is 18.8 Å². The maximum atomic E-state index is 12.3. The minimum Gasteiger partial charge on any atom is -0.399 e. The molecule has 1 amide bonds. The topological polar surface area (TPSA) is 66.6 Å². The molecule has 1 aromatic carbocycles. The second-order valence-corrected chi connectivity index (χ2v) is 6.11. The fraction of sp³-hybridized carbons (Fsp3) is 0.632. The van der Waals surface area contributed by atoms with Gasteiger partial charge in [-0.2, -0.15) is 0 Å². The van der Waals surface area contributed by atoms with Crippen molar-refractivity contribution in [3.63, 3.8) is 0 Å². The Morgan fingerprint density at radius 1 is 1.22 bits per heavy atom. The summed E-state index contributed by atoms with van der Waals surface area (Å²) < 4.78 is 0. The van der Waals surface area contributed by atoms with E-state index in [-0.39, 0.29) is 5.91 Å². The van der Waals surface area contributed by atoms with Gasteiger partial charge in [0.2, 0.25) is 5.91 Å². The Labute approximate surface area is 140 Å².